The lowest BCUT2D eigenvalue weighted by Gasteiger charge is -2.42. The Balaban J connectivity index is 1.38. The highest BCUT2D eigenvalue weighted by Gasteiger charge is 2.32. The molecule has 2 aliphatic heterocycles. The Bertz CT molecular complexity index is 786. The highest BCUT2D eigenvalue weighted by Crippen LogP contribution is 2.32. The van der Waals surface area contributed by atoms with Crippen molar-refractivity contribution in [2.45, 2.75) is 37.7 Å². The second kappa shape index (κ2) is 7.13. The Labute approximate surface area is 156 Å². The van der Waals surface area contributed by atoms with Crippen LogP contribution in [0, 0.1) is 0 Å². The summed E-state index contributed by atoms with van der Waals surface area (Å²) >= 11 is 0. The number of anilines is 1. The maximum Gasteiger partial charge on any atom is 0.417 e. The summed E-state index contributed by atoms with van der Waals surface area (Å²) in [6, 6.07) is 10.9. The number of hydrogen-bond acceptors (Lipinski definition) is 4. The smallest absolute Gasteiger partial charge is 0.387 e. The fraction of sp³-hybridized carbons (Fsp3) is 0.450. The van der Waals surface area contributed by atoms with Crippen molar-refractivity contribution in [3.05, 3.63) is 59.3 Å². The molecule has 1 N–H and O–H groups in total. The van der Waals surface area contributed by atoms with E-state index >= 15 is 0 Å². The predicted octanol–water partition coefficient (Wildman–Crippen LogP) is 3.62. The van der Waals surface area contributed by atoms with Gasteiger partial charge in [0.15, 0.2) is 0 Å². The molecule has 1 fully saturated rings. The number of piperidine rings is 1. The van der Waals surface area contributed by atoms with Crippen LogP contribution < -0.4 is 4.90 Å². The van der Waals surface area contributed by atoms with E-state index in [1.807, 2.05) is 23.1 Å². The van der Waals surface area contributed by atoms with Crippen molar-refractivity contribution < 1.29 is 18.3 Å². The van der Waals surface area contributed by atoms with Crippen molar-refractivity contribution in [3.8, 4) is 0 Å². The van der Waals surface area contributed by atoms with E-state index in [2.05, 4.69) is 16.0 Å². The fourth-order valence-electron chi connectivity index (χ4n) is 4.09. The van der Waals surface area contributed by atoms with Gasteiger partial charge in [0.05, 0.1) is 11.7 Å². The molecule has 2 aromatic rings. The largest absolute Gasteiger partial charge is 0.417 e. The van der Waals surface area contributed by atoms with Gasteiger partial charge in [-0.2, -0.15) is 13.2 Å². The lowest BCUT2D eigenvalue weighted by atomic mass is 9.94. The normalized spacial score (nSPS) is 21.9. The zero-order valence-corrected chi connectivity index (χ0v) is 14.9. The van der Waals surface area contributed by atoms with E-state index in [0.29, 0.717) is 18.4 Å². The van der Waals surface area contributed by atoms with E-state index in [9.17, 15) is 18.3 Å². The van der Waals surface area contributed by atoms with Gasteiger partial charge in [-0.1, -0.05) is 24.3 Å². The first-order valence-electron chi connectivity index (χ1n) is 9.20. The number of hydrogen-bond donors (Lipinski definition) is 1. The monoisotopic (exact) mass is 377 g/mol. The number of nitrogens with zero attached hydrogens (tertiary/aromatic N) is 3. The SMILES string of the molecule is O[C@H]1CN(C2CCN(c3ccc(C(F)(F)F)cn3)CC2)Cc2ccccc21. The molecule has 3 heterocycles. The third kappa shape index (κ3) is 3.80. The Kier molecular flexibility index (Phi) is 4.82. The molecule has 1 saturated heterocycles. The minimum Gasteiger partial charge on any atom is -0.387 e. The molecule has 1 aromatic carbocycles. The average molecular weight is 377 g/mol. The van der Waals surface area contributed by atoms with E-state index < -0.39 is 17.8 Å². The van der Waals surface area contributed by atoms with Crippen LogP contribution in [-0.4, -0.2) is 40.7 Å². The number of benzene rings is 1. The van der Waals surface area contributed by atoms with Gasteiger partial charge in [0.1, 0.15) is 5.82 Å². The van der Waals surface area contributed by atoms with Gasteiger partial charge in [0.25, 0.3) is 0 Å². The van der Waals surface area contributed by atoms with E-state index in [1.165, 1.54) is 11.6 Å². The van der Waals surface area contributed by atoms with Gasteiger partial charge in [-0.3, -0.25) is 4.90 Å². The highest BCUT2D eigenvalue weighted by atomic mass is 19.4. The molecule has 7 heteroatoms. The van der Waals surface area contributed by atoms with Gasteiger partial charge in [-0.05, 0) is 36.1 Å². The summed E-state index contributed by atoms with van der Waals surface area (Å²) in [5.74, 6) is 0.588. The van der Waals surface area contributed by atoms with Crippen LogP contribution in [0.2, 0.25) is 0 Å². The van der Waals surface area contributed by atoms with E-state index in [1.54, 1.807) is 0 Å². The van der Waals surface area contributed by atoms with Crippen molar-refractivity contribution in [1.29, 1.82) is 0 Å². The zero-order valence-electron chi connectivity index (χ0n) is 14.9. The molecule has 2 aliphatic rings. The summed E-state index contributed by atoms with van der Waals surface area (Å²) in [4.78, 5) is 8.36. The van der Waals surface area contributed by atoms with Crippen LogP contribution in [0.15, 0.2) is 42.6 Å². The maximum atomic E-state index is 12.7. The number of pyridine rings is 1. The molecule has 0 bridgehead atoms. The van der Waals surface area contributed by atoms with Crippen molar-refractivity contribution in [2.24, 2.45) is 0 Å². The second-order valence-corrected chi connectivity index (χ2v) is 7.27. The molecule has 27 heavy (non-hydrogen) atoms. The van der Waals surface area contributed by atoms with Gasteiger partial charge in [-0.25, -0.2) is 4.98 Å². The summed E-state index contributed by atoms with van der Waals surface area (Å²) in [5, 5.41) is 10.4. The third-order valence-electron chi connectivity index (χ3n) is 5.58. The van der Waals surface area contributed by atoms with Crippen LogP contribution in [0.1, 0.15) is 35.6 Å². The van der Waals surface area contributed by atoms with Crippen molar-refractivity contribution in [2.75, 3.05) is 24.5 Å². The quantitative estimate of drug-likeness (QED) is 0.868. The Morgan fingerprint density at radius 1 is 1.04 bits per heavy atom. The Morgan fingerprint density at radius 3 is 2.44 bits per heavy atom. The standard InChI is InChI=1S/C20H22F3N3O/c21-20(22,23)15-5-6-19(24-11-15)25-9-7-16(8-10-25)26-12-14-3-1-2-4-17(14)18(27)13-26/h1-6,11,16,18,27H,7-10,12-13H2/t18-/m0/s1. The number of alkyl halides is 3. The van der Waals surface area contributed by atoms with E-state index in [4.69, 9.17) is 0 Å². The summed E-state index contributed by atoms with van der Waals surface area (Å²) in [7, 11) is 0. The molecule has 4 nitrogen and oxygen atoms in total. The molecule has 1 aromatic heterocycles. The number of aliphatic hydroxyl groups is 1. The minimum absolute atomic E-state index is 0.360. The summed E-state index contributed by atoms with van der Waals surface area (Å²) in [6.45, 7) is 2.95. The zero-order chi connectivity index (χ0) is 19.0. The number of β-amino-alcohol motifs (C(OH)–C–C–N with tert-alkyl or cyclic N) is 1. The summed E-state index contributed by atoms with van der Waals surface area (Å²) < 4.78 is 38.0. The lowest BCUT2D eigenvalue weighted by molar-refractivity contribution is -0.137. The molecule has 0 radical (unpaired) electrons. The molecule has 0 amide bonds. The predicted molar refractivity (Wildman–Crippen MR) is 96.3 cm³/mol. The van der Waals surface area contributed by atoms with Crippen molar-refractivity contribution in [1.82, 2.24) is 9.88 Å². The third-order valence-corrected chi connectivity index (χ3v) is 5.58. The van der Waals surface area contributed by atoms with E-state index in [0.717, 1.165) is 50.3 Å². The summed E-state index contributed by atoms with van der Waals surface area (Å²) in [6.07, 6.45) is -2.12. The average Bonchev–Trinajstić information content (AvgIpc) is 2.67. The first kappa shape index (κ1) is 18.3. The highest BCUT2D eigenvalue weighted by molar-refractivity contribution is 5.40. The first-order valence-corrected chi connectivity index (χ1v) is 9.20. The van der Waals surface area contributed by atoms with Crippen molar-refractivity contribution in [3.63, 3.8) is 0 Å². The number of rotatable bonds is 2. The molecule has 144 valence electrons. The Morgan fingerprint density at radius 2 is 1.78 bits per heavy atom. The molecule has 0 aliphatic carbocycles. The van der Waals surface area contributed by atoms with Gasteiger partial charge in [-0.15, -0.1) is 0 Å². The van der Waals surface area contributed by atoms with Gasteiger partial charge in [0, 0.05) is 38.4 Å². The molecule has 0 saturated carbocycles. The van der Waals surface area contributed by atoms with E-state index in [-0.39, 0.29) is 0 Å². The van der Waals surface area contributed by atoms with Gasteiger partial charge < -0.3 is 10.0 Å². The van der Waals surface area contributed by atoms with Crippen LogP contribution in [0.3, 0.4) is 0 Å². The van der Waals surface area contributed by atoms with Crippen molar-refractivity contribution >= 4 is 5.82 Å². The van der Waals surface area contributed by atoms with Crippen LogP contribution in [0.4, 0.5) is 19.0 Å². The minimum atomic E-state index is -4.36. The van der Waals surface area contributed by atoms with Gasteiger partial charge in [0.2, 0.25) is 0 Å². The number of fused-ring (bicyclic) bond motifs is 1. The fourth-order valence-corrected chi connectivity index (χ4v) is 4.09. The first-order chi connectivity index (χ1) is 12.9. The van der Waals surface area contributed by atoms with Crippen LogP contribution in [-0.2, 0) is 12.7 Å². The van der Waals surface area contributed by atoms with Crippen LogP contribution in [0.5, 0.6) is 0 Å². The number of aliphatic hydroxyl groups excluding tert-OH is 1. The number of aromatic nitrogens is 1. The molecular weight excluding hydrogens is 355 g/mol. The molecule has 0 spiro atoms. The Hall–Kier alpha value is -2.12. The molecular formula is C20H22F3N3O. The van der Waals surface area contributed by atoms with Gasteiger partial charge >= 0.3 is 6.18 Å². The molecule has 4 rings (SSSR count). The topological polar surface area (TPSA) is 39.6 Å². The van der Waals surface area contributed by atoms with Crippen LogP contribution in [0.25, 0.3) is 0 Å². The summed E-state index contributed by atoms with van der Waals surface area (Å²) in [5.41, 5.74) is 1.46. The lowest BCUT2D eigenvalue weighted by Crippen LogP contribution is -2.47. The second-order valence-electron chi connectivity index (χ2n) is 7.27. The maximum absolute atomic E-state index is 12.7. The molecule has 1 atom stereocenters. The molecule has 0 unspecified atom stereocenters. The van der Waals surface area contributed by atoms with Crippen LogP contribution >= 0.6 is 0 Å². The number of halogens is 3.